The summed E-state index contributed by atoms with van der Waals surface area (Å²) in [6.45, 7) is 3.95. The first-order chi connectivity index (χ1) is 11.0. The molecule has 0 saturated carbocycles. The maximum Gasteiger partial charge on any atom is 0.336 e. The first-order valence-corrected chi connectivity index (χ1v) is 7.88. The first-order valence-electron chi connectivity index (χ1n) is 7.88. The fraction of sp³-hybridized carbons (Fsp3) is 0.444. The summed E-state index contributed by atoms with van der Waals surface area (Å²) >= 11 is 0. The predicted octanol–water partition coefficient (Wildman–Crippen LogP) is 4.19. The van der Waals surface area contributed by atoms with E-state index in [1.165, 1.54) is 24.6 Å². The van der Waals surface area contributed by atoms with E-state index in [9.17, 15) is 14.0 Å². The van der Waals surface area contributed by atoms with Crippen LogP contribution in [-0.4, -0.2) is 18.0 Å². The second-order valence-electron chi connectivity index (χ2n) is 5.28. The monoisotopic (exact) mass is 322 g/mol. The molecule has 0 aromatic heterocycles. The third-order valence-electron chi connectivity index (χ3n) is 3.18. The zero-order valence-electron chi connectivity index (χ0n) is 13.6. The van der Waals surface area contributed by atoms with Gasteiger partial charge in [0.25, 0.3) is 0 Å². The van der Waals surface area contributed by atoms with Crippen LogP contribution in [0.15, 0.2) is 36.4 Å². The van der Waals surface area contributed by atoms with Gasteiger partial charge < -0.3 is 9.47 Å². The minimum absolute atomic E-state index is 0.181. The number of hydrogen-bond acceptors (Lipinski definition) is 4. The van der Waals surface area contributed by atoms with Crippen LogP contribution in [-0.2, 0) is 14.3 Å². The first kappa shape index (κ1) is 18.9. The minimum atomic E-state index is -0.831. The smallest absolute Gasteiger partial charge is 0.336 e. The highest BCUT2D eigenvalue weighted by Crippen LogP contribution is 2.15. The van der Waals surface area contributed by atoms with Gasteiger partial charge in [0.1, 0.15) is 0 Å². The highest BCUT2D eigenvalue weighted by molar-refractivity contribution is 5.92. The molecule has 1 rings (SSSR count). The Labute approximate surface area is 136 Å². The maximum atomic E-state index is 13.3. The third-order valence-corrected chi connectivity index (χ3v) is 3.18. The Morgan fingerprint density at radius 1 is 1.13 bits per heavy atom. The molecule has 0 fully saturated rings. The molecule has 0 saturated heterocycles. The highest BCUT2D eigenvalue weighted by Gasteiger charge is 2.09. The molecule has 23 heavy (non-hydrogen) atoms. The summed E-state index contributed by atoms with van der Waals surface area (Å²) in [6, 6.07) is 5.55. The maximum absolute atomic E-state index is 13.3. The Kier molecular flexibility index (Phi) is 8.65. The lowest BCUT2D eigenvalue weighted by molar-refractivity contribution is -0.143. The van der Waals surface area contributed by atoms with Gasteiger partial charge in [-0.25, -0.2) is 14.0 Å². The molecule has 0 aliphatic rings. The highest BCUT2D eigenvalue weighted by atomic mass is 19.1. The van der Waals surface area contributed by atoms with Gasteiger partial charge in [-0.15, -0.1) is 0 Å². The van der Waals surface area contributed by atoms with E-state index >= 15 is 0 Å². The molecule has 0 aliphatic carbocycles. The molecule has 0 N–H and O–H groups in total. The Morgan fingerprint density at radius 3 is 2.52 bits per heavy atom. The zero-order valence-corrected chi connectivity index (χ0v) is 13.6. The molecule has 5 heteroatoms. The van der Waals surface area contributed by atoms with Gasteiger partial charge in [0.05, 0.1) is 6.10 Å². The van der Waals surface area contributed by atoms with Crippen molar-refractivity contribution < 1.29 is 23.5 Å². The van der Waals surface area contributed by atoms with E-state index in [-0.39, 0.29) is 11.9 Å². The van der Waals surface area contributed by atoms with E-state index in [0.29, 0.717) is 0 Å². The molecule has 126 valence electrons. The van der Waals surface area contributed by atoms with Crippen molar-refractivity contribution in [1.29, 1.82) is 0 Å². The van der Waals surface area contributed by atoms with Gasteiger partial charge in [-0.05, 0) is 31.9 Å². The summed E-state index contributed by atoms with van der Waals surface area (Å²) in [6.07, 6.45) is 6.95. The van der Waals surface area contributed by atoms with Gasteiger partial charge in [0, 0.05) is 12.2 Å². The number of unbranched alkanes of at least 4 members (excludes halogenated alkanes) is 3. The van der Waals surface area contributed by atoms with Crippen molar-refractivity contribution in [1.82, 2.24) is 0 Å². The fourth-order valence-corrected chi connectivity index (χ4v) is 1.96. The van der Waals surface area contributed by atoms with Gasteiger partial charge in [-0.2, -0.15) is 0 Å². The van der Waals surface area contributed by atoms with Gasteiger partial charge in [0.2, 0.25) is 0 Å². The van der Waals surface area contributed by atoms with E-state index in [2.05, 4.69) is 6.92 Å². The number of halogens is 1. The average Bonchev–Trinajstić information content (AvgIpc) is 2.52. The number of benzene rings is 1. The fourth-order valence-electron chi connectivity index (χ4n) is 1.96. The van der Waals surface area contributed by atoms with Gasteiger partial charge in [0.15, 0.2) is 11.6 Å². The van der Waals surface area contributed by atoms with Crippen molar-refractivity contribution >= 4 is 11.9 Å². The predicted molar refractivity (Wildman–Crippen MR) is 85.5 cm³/mol. The van der Waals surface area contributed by atoms with Crippen LogP contribution in [0.3, 0.4) is 0 Å². The van der Waals surface area contributed by atoms with Crippen LogP contribution < -0.4 is 4.74 Å². The van der Waals surface area contributed by atoms with E-state index in [1.807, 2.05) is 6.92 Å². The number of carbonyl (C=O) groups excluding carboxylic acids is 2. The van der Waals surface area contributed by atoms with Gasteiger partial charge in [-0.3, -0.25) is 0 Å². The van der Waals surface area contributed by atoms with Crippen LogP contribution in [0, 0.1) is 5.82 Å². The number of carbonyl (C=O) groups is 2. The summed E-state index contributed by atoms with van der Waals surface area (Å²) in [5.41, 5.74) is 0. The van der Waals surface area contributed by atoms with Crippen LogP contribution in [0.1, 0.15) is 46.0 Å². The normalized spacial score (nSPS) is 12.1. The second-order valence-corrected chi connectivity index (χ2v) is 5.28. The Balaban J connectivity index is 2.34. The van der Waals surface area contributed by atoms with Crippen LogP contribution >= 0.6 is 0 Å². The van der Waals surface area contributed by atoms with E-state index < -0.39 is 17.8 Å². The average molecular weight is 322 g/mol. The van der Waals surface area contributed by atoms with E-state index in [4.69, 9.17) is 9.47 Å². The third kappa shape index (κ3) is 8.14. The van der Waals surface area contributed by atoms with Gasteiger partial charge in [-0.1, -0.05) is 38.3 Å². The van der Waals surface area contributed by atoms with Crippen molar-refractivity contribution in [3.05, 3.63) is 42.2 Å². The summed E-state index contributed by atoms with van der Waals surface area (Å²) in [7, 11) is 0. The number of rotatable bonds is 9. The summed E-state index contributed by atoms with van der Waals surface area (Å²) in [5.74, 6) is -2.27. The molecule has 0 bridgehead atoms. The molecular weight excluding hydrogens is 299 g/mol. The Hall–Kier alpha value is -2.17. The van der Waals surface area contributed by atoms with Gasteiger partial charge >= 0.3 is 11.9 Å². The van der Waals surface area contributed by atoms with E-state index in [0.717, 1.165) is 37.8 Å². The lowest BCUT2D eigenvalue weighted by atomic mass is 10.1. The molecular formula is C18H23FO4. The number of para-hydroxylation sites is 1. The van der Waals surface area contributed by atoms with Crippen molar-refractivity contribution in [2.75, 3.05) is 0 Å². The summed E-state index contributed by atoms with van der Waals surface area (Å²) < 4.78 is 23.2. The largest absolute Gasteiger partial charge is 0.460 e. The molecule has 1 aromatic carbocycles. The SMILES string of the molecule is CCCCCCC(C)OC(=O)/C=C/C(=O)Oc1ccccc1F. The van der Waals surface area contributed by atoms with E-state index in [1.54, 1.807) is 6.07 Å². The number of esters is 2. The molecule has 1 aromatic rings. The summed E-state index contributed by atoms with van der Waals surface area (Å²) in [5, 5.41) is 0. The molecule has 0 aliphatic heterocycles. The minimum Gasteiger partial charge on any atom is -0.460 e. The Bertz CT molecular complexity index is 540. The van der Waals surface area contributed by atoms with Crippen molar-refractivity contribution in [3.63, 3.8) is 0 Å². The quantitative estimate of drug-likeness (QED) is 0.296. The van der Waals surface area contributed by atoms with Crippen LogP contribution in [0.4, 0.5) is 4.39 Å². The Morgan fingerprint density at radius 2 is 1.83 bits per heavy atom. The van der Waals surface area contributed by atoms with Crippen LogP contribution in [0.2, 0.25) is 0 Å². The molecule has 0 spiro atoms. The molecule has 4 nitrogen and oxygen atoms in total. The van der Waals surface area contributed by atoms with Crippen molar-refractivity contribution in [2.24, 2.45) is 0 Å². The lowest BCUT2D eigenvalue weighted by Crippen LogP contribution is -2.14. The summed E-state index contributed by atoms with van der Waals surface area (Å²) in [4.78, 5) is 23.1. The molecule has 0 radical (unpaired) electrons. The van der Waals surface area contributed by atoms with Crippen molar-refractivity contribution in [3.8, 4) is 5.75 Å². The standard InChI is InChI=1S/C18H23FO4/c1-3-4-5-6-9-14(2)22-17(20)12-13-18(21)23-16-11-8-7-10-15(16)19/h7-8,10-14H,3-6,9H2,1-2H3/b13-12+. The topological polar surface area (TPSA) is 52.6 Å². The molecule has 1 atom stereocenters. The van der Waals surface area contributed by atoms with Crippen LogP contribution in [0.5, 0.6) is 5.75 Å². The number of hydrogen-bond donors (Lipinski definition) is 0. The lowest BCUT2D eigenvalue weighted by Gasteiger charge is -2.11. The van der Waals surface area contributed by atoms with Crippen LogP contribution in [0.25, 0.3) is 0 Å². The molecule has 0 heterocycles. The molecule has 0 amide bonds. The number of ether oxygens (including phenoxy) is 2. The zero-order chi connectivity index (χ0) is 17.1. The second kappa shape index (κ2) is 10.5. The molecule has 1 unspecified atom stereocenters. The van der Waals surface area contributed by atoms with Crippen molar-refractivity contribution in [2.45, 2.75) is 52.1 Å².